The van der Waals surface area contributed by atoms with E-state index in [-0.39, 0.29) is 18.1 Å². The lowest BCUT2D eigenvalue weighted by molar-refractivity contribution is -0.385. The molecule has 1 aromatic carbocycles. The zero-order chi connectivity index (χ0) is 15.0. The summed E-state index contributed by atoms with van der Waals surface area (Å²) in [7, 11) is 0. The van der Waals surface area contributed by atoms with Gasteiger partial charge in [-0.05, 0) is 15.9 Å². The van der Waals surface area contributed by atoms with Crippen LogP contribution in [0.15, 0.2) is 35.3 Å². The highest BCUT2D eigenvalue weighted by atomic mass is 79.9. The monoisotopic (exact) mass is 348 g/mol. The highest BCUT2D eigenvalue weighted by Gasteiger charge is 2.17. The van der Waals surface area contributed by atoms with Gasteiger partial charge in [0.1, 0.15) is 6.33 Å². The van der Waals surface area contributed by atoms with E-state index in [0.29, 0.717) is 21.5 Å². The average molecular weight is 349 g/mol. The molecule has 21 heavy (non-hydrogen) atoms. The predicted molar refractivity (Wildman–Crippen MR) is 79.6 cm³/mol. The third-order valence-corrected chi connectivity index (χ3v) is 3.64. The van der Waals surface area contributed by atoms with Gasteiger partial charge in [-0.1, -0.05) is 18.2 Å². The summed E-state index contributed by atoms with van der Waals surface area (Å²) in [5.41, 5.74) is 7.34. The van der Waals surface area contributed by atoms with Gasteiger partial charge in [0.25, 0.3) is 5.69 Å². The van der Waals surface area contributed by atoms with Gasteiger partial charge in [-0.3, -0.25) is 14.7 Å². The van der Waals surface area contributed by atoms with Gasteiger partial charge >= 0.3 is 0 Å². The van der Waals surface area contributed by atoms with Crippen molar-refractivity contribution in [3.63, 3.8) is 0 Å². The number of para-hydroxylation sites is 1. The van der Waals surface area contributed by atoms with E-state index in [1.54, 1.807) is 22.8 Å². The molecule has 2 N–H and O–H groups in total. The van der Waals surface area contributed by atoms with Crippen LogP contribution in [0.25, 0.3) is 11.2 Å². The molecule has 0 fully saturated rings. The Hall–Kier alpha value is -2.55. The molecule has 0 aliphatic carbocycles. The number of nitrogen functional groups attached to an aromatic ring is 1. The number of nitrogens with two attached hydrogens (primary N) is 1. The van der Waals surface area contributed by atoms with Gasteiger partial charge in [0, 0.05) is 11.6 Å². The maximum Gasteiger partial charge on any atom is 0.274 e. The summed E-state index contributed by atoms with van der Waals surface area (Å²) in [6.45, 7) is 0.255. The number of anilines is 1. The van der Waals surface area contributed by atoms with E-state index >= 15 is 0 Å². The topological polar surface area (TPSA) is 113 Å². The summed E-state index contributed by atoms with van der Waals surface area (Å²) in [5, 5.41) is 11.1. The Morgan fingerprint density at radius 1 is 1.33 bits per heavy atom. The molecule has 8 nitrogen and oxygen atoms in total. The first-order valence-electron chi connectivity index (χ1n) is 5.92. The molecule has 3 aromatic rings. The van der Waals surface area contributed by atoms with Crippen LogP contribution in [-0.2, 0) is 6.54 Å². The number of rotatable bonds is 3. The fraction of sp³-hybridized carbons (Fsp3) is 0.0833. The van der Waals surface area contributed by atoms with Crippen LogP contribution in [0.2, 0.25) is 0 Å². The van der Waals surface area contributed by atoms with Crippen molar-refractivity contribution in [2.75, 3.05) is 5.73 Å². The second-order valence-electron chi connectivity index (χ2n) is 4.28. The summed E-state index contributed by atoms with van der Waals surface area (Å²) in [5.74, 6) is 0.266. The molecule has 9 heteroatoms. The smallest absolute Gasteiger partial charge is 0.274 e. The van der Waals surface area contributed by atoms with Crippen LogP contribution >= 0.6 is 15.9 Å². The van der Waals surface area contributed by atoms with E-state index in [1.165, 1.54) is 12.4 Å². The molecule has 0 spiro atoms. The quantitative estimate of drug-likeness (QED) is 0.440. The van der Waals surface area contributed by atoms with Crippen molar-refractivity contribution in [3.8, 4) is 0 Å². The summed E-state index contributed by atoms with van der Waals surface area (Å²) in [6, 6.07) is 6.54. The van der Waals surface area contributed by atoms with Crippen LogP contribution in [-0.4, -0.2) is 24.4 Å². The number of halogens is 1. The number of nitrogens with zero attached hydrogens (tertiary/aromatic N) is 5. The molecule has 0 saturated carbocycles. The van der Waals surface area contributed by atoms with E-state index in [0.717, 1.165) is 0 Å². The van der Waals surface area contributed by atoms with Crippen molar-refractivity contribution in [1.82, 2.24) is 19.5 Å². The zero-order valence-electron chi connectivity index (χ0n) is 10.6. The molecule has 106 valence electrons. The van der Waals surface area contributed by atoms with Crippen LogP contribution in [0.5, 0.6) is 0 Å². The third-order valence-electron chi connectivity index (χ3n) is 3.03. The van der Waals surface area contributed by atoms with Crippen molar-refractivity contribution < 1.29 is 4.92 Å². The van der Waals surface area contributed by atoms with Gasteiger partial charge in [-0.25, -0.2) is 15.0 Å². The van der Waals surface area contributed by atoms with E-state index in [2.05, 4.69) is 30.9 Å². The number of fused-ring (bicyclic) bond motifs is 1. The molecule has 2 aromatic heterocycles. The van der Waals surface area contributed by atoms with Crippen molar-refractivity contribution in [3.05, 3.63) is 51.0 Å². The lowest BCUT2D eigenvalue weighted by Gasteiger charge is -2.06. The Morgan fingerprint density at radius 3 is 2.86 bits per heavy atom. The van der Waals surface area contributed by atoms with Crippen LogP contribution in [0.3, 0.4) is 0 Å². The van der Waals surface area contributed by atoms with Crippen LogP contribution in [0, 0.1) is 10.1 Å². The second-order valence-corrected chi connectivity index (χ2v) is 4.99. The summed E-state index contributed by atoms with van der Waals surface area (Å²) in [4.78, 5) is 22.9. The van der Waals surface area contributed by atoms with E-state index in [9.17, 15) is 10.1 Å². The van der Waals surface area contributed by atoms with Crippen LogP contribution < -0.4 is 5.73 Å². The van der Waals surface area contributed by atoms with Crippen molar-refractivity contribution in [2.45, 2.75) is 6.54 Å². The van der Waals surface area contributed by atoms with Gasteiger partial charge in [-0.15, -0.1) is 0 Å². The number of nitro groups is 1. The van der Waals surface area contributed by atoms with E-state index in [4.69, 9.17) is 5.73 Å². The first kappa shape index (κ1) is 13.4. The highest BCUT2D eigenvalue weighted by Crippen LogP contribution is 2.25. The van der Waals surface area contributed by atoms with Crippen molar-refractivity contribution in [2.24, 2.45) is 0 Å². The summed E-state index contributed by atoms with van der Waals surface area (Å²) < 4.78 is 2.19. The Balaban J connectivity index is 2.13. The molecule has 0 unspecified atom stereocenters. The maximum absolute atomic E-state index is 11.1. The van der Waals surface area contributed by atoms with E-state index < -0.39 is 4.92 Å². The Bertz CT molecular complexity index is 847. The number of benzene rings is 1. The van der Waals surface area contributed by atoms with Gasteiger partial charge in [0.05, 0.1) is 11.5 Å². The van der Waals surface area contributed by atoms with Crippen LogP contribution in [0.4, 0.5) is 11.5 Å². The van der Waals surface area contributed by atoms with E-state index in [1.807, 2.05) is 0 Å². The third kappa shape index (κ3) is 2.31. The number of hydrogen-bond acceptors (Lipinski definition) is 6. The van der Waals surface area contributed by atoms with Crippen molar-refractivity contribution in [1.29, 1.82) is 0 Å². The maximum atomic E-state index is 11.1. The largest absolute Gasteiger partial charge is 0.382 e. The van der Waals surface area contributed by atoms with Gasteiger partial charge in [-0.2, -0.15) is 0 Å². The Kier molecular flexibility index (Phi) is 3.26. The fourth-order valence-corrected chi connectivity index (χ4v) is 2.53. The Labute approximate surface area is 126 Å². The molecular formula is C12H9BrN6O2. The molecule has 0 saturated heterocycles. The number of nitro benzene ring substituents is 1. The molecule has 0 amide bonds. The molecule has 2 heterocycles. The molecule has 0 aliphatic rings. The normalized spacial score (nSPS) is 10.9. The minimum Gasteiger partial charge on any atom is -0.382 e. The Morgan fingerprint density at radius 2 is 2.10 bits per heavy atom. The van der Waals surface area contributed by atoms with Gasteiger partial charge in [0.2, 0.25) is 0 Å². The molecule has 0 radical (unpaired) electrons. The second kappa shape index (κ2) is 5.09. The van der Waals surface area contributed by atoms with Crippen molar-refractivity contribution >= 4 is 38.6 Å². The number of imidazole rings is 1. The average Bonchev–Trinajstić information content (AvgIpc) is 2.78. The zero-order valence-corrected chi connectivity index (χ0v) is 12.2. The molecule has 0 bridgehead atoms. The first-order valence-corrected chi connectivity index (χ1v) is 6.71. The SMILES string of the molecule is Nc1ncnc2c1nc(Br)n2Cc1ccccc1[N+](=O)[O-]. The predicted octanol–water partition coefficient (Wildman–Crippen LogP) is 2.13. The molecule has 0 aliphatic heterocycles. The highest BCUT2D eigenvalue weighted by molar-refractivity contribution is 9.10. The number of hydrogen-bond donors (Lipinski definition) is 1. The summed E-state index contributed by atoms with van der Waals surface area (Å²) in [6.07, 6.45) is 1.34. The van der Waals surface area contributed by atoms with Gasteiger partial charge in [0.15, 0.2) is 21.7 Å². The first-order chi connectivity index (χ1) is 10.1. The number of aromatic nitrogens is 4. The lowest BCUT2D eigenvalue weighted by atomic mass is 10.2. The molecule has 0 atom stereocenters. The molecular weight excluding hydrogens is 340 g/mol. The standard InChI is InChI=1S/C12H9BrN6O2/c13-12-17-9-10(14)15-6-16-11(9)18(12)5-7-3-1-2-4-8(7)19(20)21/h1-4,6H,5H2,(H2,14,15,16). The van der Waals surface area contributed by atoms with Gasteiger partial charge < -0.3 is 5.73 Å². The minimum atomic E-state index is -0.411. The molecule has 3 rings (SSSR count). The fourth-order valence-electron chi connectivity index (χ4n) is 2.06. The minimum absolute atomic E-state index is 0.0493. The lowest BCUT2D eigenvalue weighted by Crippen LogP contribution is -2.04. The summed E-state index contributed by atoms with van der Waals surface area (Å²) >= 11 is 3.32. The van der Waals surface area contributed by atoms with Crippen LogP contribution in [0.1, 0.15) is 5.56 Å².